The molecule has 0 aliphatic heterocycles. The summed E-state index contributed by atoms with van der Waals surface area (Å²) in [5, 5.41) is 5.18. The normalized spacial score (nSPS) is 19.3. The maximum atomic E-state index is 12.4. The number of rotatable bonds is 4. The average molecular weight is 377 g/mol. The molecule has 0 radical (unpaired) electrons. The molecular weight excluding hydrogens is 354 g/mol. The molecule has 0 saturated heterocycles. The van der Waals surface area contributed by atoms with E-state index >= 15 is 0 Å². The first-order valence-corrected chi connectivity index (χ1v) is 9.60. The van der Waals surface area contributed by atoms with Gasteiger partial charge in [-0.25, -0.2) is 0 Å². The van der Waals surface area contributed by atoms with Crippen LogP contribution in [0, 0.1) is 6.92 Å². The number of nitrogens with one attached hydrogen (secondary N) is 2. The second-order valence-electron chi connectivity index (χ2n) is 7.33. The predicted molar refractivity (Wildman–Crippen MR) is 108 cm³/mol. The van der Waals surface area contributed by atoms with Gasteiger partial charge in [0.25, 0.3) is 5.91 Å². The summed E-state index contributed by atoms with van der Waals surface area (Å²) in [7, 11) is 0. The van der Waals surface area contributed by atoms with Gasteiger partial charge in [0.1, 0.15) is 5.75 Å². The van der Waals surface area contributed by atoms with Crippen LogP contribution in [0.3, 0.4) is 0 Å². The first-order valence-electron chi connectivity index (χ1n) is 9.60. The molecule has 4 rings (SSSR count). The predicted octanol–water partition coefficient (Wildman–Crippen LogP) is 3.35. The van der Waals surface area contributed by atoms with Crippen LogP contribution in [0.4, 0.5) is 0 Å². The van der Waals surface area contributed by atoms with Crippen LogP contribution in [-0.2, 0) is 0 Å². The molecule has 1 aromatic carbocycles. The largest absolute Gasteiger partial charge is 0.490 e. The zero-order valence-electron chi connectivity index (χ0n) is 15.8. The lowest BCUT2D eigenvalue weighted by atomic mass is 9.92. The Kier molecular flexibility index (Phi) is 5.10. The number of aromatic nitrogens is 2. The molecule has 144 valence electrons. The van der Waals surface area contributed by atoms with Gasteiger partial charge in [-0.15, -0.1) is 0 Å². The Bertz CT molecular complexity index is 1050. The Balaban J connectivity index is 1.35. The second-order valence-corrected chi connectivity index (χ2v) is 7.33. The molecule has 2 N–H and O–H groups in total. The summed E-state index contributed by atoms with van der Waals surface area (Å²) >= 11 is 0. The fourth-order valence-corrected chi connectivity index (χ4v) is 3.78. The molecule has 0 unspecified atom stereocenters. The molecule has 6 nitrogen and oxygen atoms in total. The lowest BCUT2D eigenvalue weighted by Crippen LogP contribution is -2.40. The summed E-state index contributed by atoms with van der Waals surface area (Å²) < 4.78 is 6.25. The number of aromatic amines is 1. The minimum absolute atomic E-state index is 0.101. The van der Waals surface area contributed by atoms with Gasteiger partial charge in [-0.3, -0.25) is 14.6 Å². The van der Waals surface area contributed by atoms with E-state index in [-0.39, 0.29) is 23.6 Å². The molecular formula is C22H23N3O3. The summed E-state index contributed by atoms with van der Waals surface area (Å²) in [4.78, 5) is 30.8. The minimum atomic E-state index is -0.257. The zero-order valence-corrected chi connectivity index (χ0v) is 15.8. The number of carbonyl (C=O) groups excluding carboxylic acids is 1. The fourth-order valence-electron chi connectivity index (χ4n) is 3.78. The Morgan fingerprint density at radius 1 is 1.18 bits per heavy atom. The monoisotopic (exact) mass is 377 g/mol. The van der Waals surface area contributed by atoms with Crippen LogP contribution >= 0.6 is 0 Å². The summed E-state index contributed by atoms with van der Waals surface area (Å²) in [5.41, 5.74) is 0.830. The van der Waals surface area contributed by atoms with Crippen molar-refractivity contribution in [2.75, 3.05) is 0 Å². The van der Waals surface area contributed by atoms with Gasteiger partial charge in [-0.2, -0.15) is 0 Å². The highest BCUT2D eigenvalue weighted by Gasteiger charge is 2.24. The zero-order chi connectivity index (χ0) is 19.5. The number of hydrogen-bond acceptors (Lipinski definition) is 4. The number of ether oxygens (including phenoxy) is 1. The fraction of sp³-hybridized carbons (Fsp3) is 0.318. The van der Waals surface area contributed by atoms with Crippen molar-refractivity contribution in [3.05, 3.63) is 70.4 Å². The van der Waals surface area contributed by atoms with Crippen LogP contribution in [0.25, 0.3) is 10.8 Å². The van der Waals surface area contributed by atoms with Gasteiger partial charge in [-0.1, -0.05) is 12.1 Å². The highest BCUT2D eigenvalue weighted by molar-refractivity contribution is 5.94. The van der Waals surface area contributed by atoms with E-state index in [1.807, 2.05) is 30.5 Å². The number of H-pyrrole nitrogens is 1. The third kappa shape index (κ3) is 4.06. The van der Waals surface area contributed by atoms with Gasteiger partial charge in [0, 0.05) is 46.5 Å². The molecule has 1 amide bonds. The van der Waals surface area contributed by atoms with Crippen LogP contribution in [-0.4, -0.2) is 28.0 Å². The van der Waals surface area contributed by atoms with Crippen molar-refractivity contribution in [1.29, 1.82) is 0 Å². The second kappa shape index (κ2) is 7.84. The molecule has 3 aromatic rings. The van der Waals surface area contributed by atoms with Crippen molar-refractivity contribution in [1.82, 2.24) is 15.3 Å². The van der Waals surface area contributed by atoms with Crippen LogP contribution in [0.1, 0.15) is 41.7 Å². The van der Waals surface area contributed by atoms with Crippen molar-refractivity contribution >= 4 is 16.7 Å². The van der Waals surface area contributed by atoms with E-state index in [1.165, 1.54) is 6.07 Å². The van der Waals surface area contributed by atoms with Crippen LogP contribution in [0.2, 0.25) is 0 Å². The number of aryl methyl sites for hydroxylation is 1. The Morgan fingerprint density at radius 3 is 2.79 bits per heavy atom. The number of nitrogens with zero attached hydrogens (tertiary/aromatic N) is 1. The molecule has 1 aliphatic rings. The molecule has 1 fully saturated rings. The molecule has 0 spiro atoms. The number of carbonyl (C=O) groups is 1. The van der Waals surface area contributed by atoms with Crippen LogP contribution in [0.15, 0.2) is 53.6 Å². The van der Waals surface area contributed by atoms with Crippen LogP contribution < -0.4 is 15.6 Å². The van der Waals surface area contributed by atoms with Gasteiger partial charge in [0.05, 0.1) is 6.10 Å². The van der Waals surface area contributed by atoms with E-state index in [9.17, 15) is 9.59 Å². The Labute approximate surface area is 163 Å². The molecule has 0 bridgehead atoms. The van der Waals surface area contributed by atoms with Crippen molar-refractivity contribution in [2.24, 2.45) is 0 Å². The number of benzene rings is 1. The maximum Gasteiger partial charge on any atom is 0.251 e. The molecule has 0 atom stereocenters. The van der Waals surface area contributed by atoms with Crippen molar-refractivity contribution in [3.8, 4) is 5.75 Å². The smallest absolute Gasteiger partial charge is 0.251 e. The van der Waals surface area contributed by atoms with E-state index in [0.717, 1.165) is 42.2 Å². The van der Waals surface area contributed by atoms with Crippen LogP contribution in [0.5, 0.6) is 5.75 Å². The average Bonchev–Trinajstić information content (AvgIpc) is 2.69. The van der Waals surface area contributed by atoms with E-state index in [2.05, 4.69) is 15.3 Å². The van der Waals surface area contributed by atoms with Crippen molar-refractivity contribution in [3.63, 3.8) is 0 Å². The van der Waals surface area contributed by atoms with Gasteiger partial charge in [-0.05, 0) is 50.8 Å². The van der Waals surface area contributed by atoms with E-state index < -0.39 is 0 Å². The molecule has 1 saturated carbocycles. The number of amides is 1. The van der Waals surface area contributed by atoms with Crippen molar-refractivity contribution in [2.45, 2.75) is 44.8 Å². The van der Waals surface area contributed by atoms with Gasteiger partial charge >= 0.3 is 0 Å². The summed E-state index contributed by atoms with van der Waals surface area (Å²) in [6, 6.07) is 11.1. The quantitative estimate of drug-likeness (QED) is 0.730. The number of pyridine rings is 2. The number of hydrogen-bond donors (Lipinski definition) is 2. The minimum Gasteiger partial charge on any atom is -0.490 e. The lowest BCUT2D eigenvalue weighted by Gasteiger charge is -2.30. The topological polar surface area (TPSA) is 84.1 Å². The Hall–Kier alpha value is -3.15. The van der Waals surface area contributed by atoms with E-state index in [4.69, 9.17) is 4.74 Å². The van der Waals surface area contributed by atoms with Gasteiger partial charge in [0.15, 0.2) is 0 Å². The third-order valence-corrected chi connectivity index (χ3v) is 5.18. The highest BCUT2D eigenvalue weighted by Crippen LogP contribution is 2.29. The van der Waals surface area contributed by atoms with Gasteiger partial charge < -0.3 is 15.0 Å². The first-order chi connectivity index (χ1) is 13.6. The van der Waals surface area contributed by atoms with Crippen molar-refractivity contribution < 1.29 is 9.53 Å². The standard InChI is InChI=1S/C22H23N3O3/c1-14-11-16(12-21(26)24-14)22(27)25-17-5-7-18(8-6-17)28-20-4-2-3-15-13-23-10-9-19(15)20/h2-4,9-13,17-18H,5-8H2,1H3,(H,24,26)(H,25,27). The molecule has 2 heterocycles. The molecule has 2 aromatic heterocycles. The SMILES string of the molecule is Cc1cc(C(=O)NC2CCC(Oc3cccc4cnccc34)CC2)cc(=O)[nH]1. The molecule has 28 heavy (non-hydrogen) atoms. The van der Waals surface area contributed by atoms with E-state index in [0.29, 0.717) is 11.3 Å². The molecule has 1 aliphatic carbocycles. The maximum absolute atomic E-state index is 12.4. The summed E-state index contributed by atoms with van der Waals surface area (Å²) in [5.74, 6) is 0.687. The summed E-state index contributed by atoms with van der Waals surface area (Å²) in [6.07, 6.45) is 7.20. The highest BCUT2D eigenvalue weighted by atomic mass is 16.5. The third-order valence-electron chi connectivity index (χ3n) is 5.18. The van der Waals surface area contributed by atoms with Gasteiger partial charge in [0.2, 0.25) is 5.56 Å². The molecule has 6 heteroatoms. The summed E-state index contributed by atoms with van der Waals surface area (Å²) in [6.45, 7) is 1.77. The van der Waals surface area contributed by atoms with E-state index in [1.54, 1.807) is 19.2 Å². The lowest BCUT2D eigenvalue weighted by molar-refractivity contribution is 0.0894. The first kappa shape index (κ1) is 18.2. The Morgan fingerprint density at radius 2 is 2.00 bits per heavy atom. The number of fused-ring (bicyclic) bond motifs is 1.